The molecular weight excluding hydrogens is 521 g/mol. The highest BCUT2D eigenvalue weighted by Gasteiger charge is 2.44. The van der Waals surface area contributed by atoms with Crippen LogP contribution < -0.4 is 10.6 Å². The van der Waals surface area contributed by atoms with E-state index in [0.717, 1.165) is 6.07 Å². The first kappa shape index (κ1) is 25.5. The van der Waals surface area contributed by atoms with Crippen molar-refractivity contribution in [3.63, 3.8) is 0 Å². The summed E-state index contributed by atoms with van der Waals surface area (Å²) in [7, 11) is 0. The topological polar surface area (TPSA) is 76.9 Å². The molecule has 13 heteroatoms. The van der Waals surface area contributed by atoms with E-state index in [4.69, 9.17) is 21.1 Å². The molecule has 0 saturated carbocycles. The Hall–Kier alpha value is -2.18. The van der Waals surface area contributed by atoms with E-state index >= 15 is 0 Å². The molecule has 1 aromatic carbocycles. The van der Waals surface area contributed by atoms with Crippen molar-refractivity contribution in [3.8, 4) is 0 Å². The average molecular weight is 547 g/mol. The molecule has 1 amide bonds. The number of rotatable bonds is 1. The Labute approximate surface area is 214 Å². The molecule has 0 radical (unpaired) electrons. The average Bonchev–Trinajstić information content (AvgIpc) is 2.95. The third-order valence-corrected chi connectivity index (χ3v) is 8.45. The van der Waals surface area contributed by atoms with Crippen LogP contribution in [0.5, 0.6) is 0 Å². The number of hydrogen-bond acceptors (Lipinski definition) is 7. The molecule has 2 fully saturated rings. The number of aromatic nitrogens is 2. The summed E-state index contributed by atoms with van der Waals surface area (Å²) in [6.07, 6.45) is -5.14. The molecule has 0 atom stereocenters. The van der Waals surface area contributed by atoms with E-state index in [9.17, 15) is 22.8 Å². The molecule has 2 aromatic rings. The highest BCUT2D eigenvalue weighted by atomic mass is 35.5. The van der Waals surface area contributed by atoms with E-state index in [-0.39, 0.29) is 47.7 Å². The number of thioether (sulfide) groups is 1. The lowest BCUT2D eigenvalue weighted by Crippen LogP contribution is -2.51. The van der Waals surface area contributed by atoms with Crippen molar-refractivity contribution in [2.24, 2.45) is 5.41 Å². The molecule has 8 nitrogen and oxygen atoms in total. The molecule has 36 heavy (non-hydrogen) atoms. The third kappa shape index (κ3) is 4.51. The second-order valence-electron chi connectivity index (χ2n) is 10.5. The number of ether oxygens (including phenoxy) is 2. The number of anilines is 1. The fraction of sp³-hybridized carbons (Fsp3) is 0.609. The minimum absolute atomic E-state index is 0.167. The first-order chi connectivity index (χ1) is 16.8. The maximum absolute atomic E-state index is 14.0. The van der Waals surface area contributed by atoms with Crippen molar-refractivity contribution >= 4 is 46.2 Å². The summed E-state index contributed by atoms with van der Waals surface area (Å²) in [6, 6.07) is 0.996. The SMILES string of the molecule is CC(C)(C)OC(=O)N1CCN(c2nc(=O)n3c4c(c(Cl)c(C(F)(F)F)cc24)SCC2(COC2)C3)CC1. The van der Waals surface area contributed by atoms with Crippen LogP contribution >= 0.6 is 23.4 Å². The predicted molar refractivity (Wildman–Crippen MR) is 130 cm³/mol. The smallest absolute Gasteiger partial charge is 0.417 e. The van der Waals surface area contributed by atoms with Crippen LogP contribution in [0.3, 0.4) is 0 Å². The lowest BCUT2D eigenvalue weighted by atomic mass is 9.88. The van der Waals surface area contributed by atoms with Gasteiger partial charge in [0.15, 0.2) is 0 Å². The zero-order valence-electron chi connectivity index (χ0n) is 20.1. The second-order valence-corrected chi connectivity index (χ2v) is 11.9. The normalized spacial score (nSPS) is 19.9. The number of piperazine rings is 1. The van der Waals surface area contributed by atoms with Gasteiger partial charge in [0, 0.05) is 49.3 Å². The summed E-state index contributed by atoms with van der Waals surface area (Å²) in [4.78, 5) is 33.5. The van der Waals surface area contributed by atoms with Gasteiger partial charge in [-0.3, -0.25) is 4.57 Å². The van der Waals surface area contributed by atoms with E-state index in [1.165, 1.54) is 16.3 Å². The van der Waals surface area contributed by atoms with Gasteiger partial charge in [0.1, 0.15) is 11.4 Å². The Morgan fingerprint density at radius 2 is 1.86 bits per heavy atom. The molecule has 196 valence electrons. The van der Waals surface area contributed by atoms with Crippen LogP contribution in [-0.2, 0) is 22.2 Å². The summed E-state index contributed by atoms with van der Waals surface area (Å²) < 4.78 is 54.2. The molecule has 4 heterocycles. The Bertz CT molecular complexity index is 1280. The lowest BCUT2D eigenvalue weighted by molar-refractivity contribution is -0.137. The van der Waals surface area contributed by atoms with Crippen LogP contribution in [0.25, 0.3) is 10.9 Å². The first-order valence-corrected chi connectivity index (χ1v) is 12.9. The standard InChI is InChI=1S/C23H26ClF3N4O4S/c1-21(2,3)35-20(33)30-6-4-29(5-7-30)18-13-8-14(23(25,26)27)15(24)17-16(13)31(19(32)28-18)9-22(12-36-17)10-34-11-22/h8H,4-7,9-12H2,1-3H3. The molecule has 5 rings (SSSR count). The molecule has 0 aliphatic carbocycles. The lowest BCUT2D eigenvalue weighted by Gasteiger charge is -2.40. The van der Waals surface area contributed by atoms with Crippen molar-refractivity contribution in [2.45, 2.75) is 44.0 Å². The summed E-state index contributed by atoms with van der Waals surface area (Å²) in [5, 5.41) is -0.186. The van der Waals surface area contributed by atoms with Gasteiger partial charge in [-0.25, -0.2) is 9.59 Å². The fourth-order valence-corrected chi connectivity index (χ4v) is 6.41. The van der Waals surface area contributed by atoms with Gasteiger partial charge in [0.2, 0.25) is 0 Å². The fourth-order valence-electron chi connectivity index (χ4n) is 4.69. The zero-order chi connectivity index (χ0) is 26.0. The molecule has 1 spiro atoms. The minimum atomic E-state index is -4.68. The summed E-state index contributed by atoms with van der Waals surface area (Å²) in [5.41, 5.74) is -2.14. The molecule has 1 aromatic heterocycles. The molecule has 3 aliphatic heterocycles. The van der Waals surface area contributed by atoms with E-state index < -0.39 is 34.1 Å². The Morgan fingerprint density at radius 1 is 1.19 bits per heavy atom. The van der Waals surface area contributed by atoms with Crippen LogP contribution in [0, 0.1) is 5.41 Å². The number of carbonyl (C=O) groups is 1. The number of halogens is 4. The van der Waals surface area contributed by atoms with Crippen molar-refractivity contribution in [3.05, 3.63) is 27.1 Å². The van der Waals surface area contributed by atoms with Crippen LogP contribution in [0.15, 0.2) is 15.8 Å². The highest BCUT2D eigenvalue weighted by molar-refractivity contribution is 7.99. The van der Waals surface area contributed by atoms with Gasteiger partial charge in [0.05, 0.1) is 34.2 Å². The molecule has 0 N–H and O–H groups in total. The van der Waals surface area contributed by atoms with Crippen LogP contribution in [0.4, 0.5) is 23.8 Å². The number of hydrogen-bond donors (Lipinski definition) is 0. The Kier molecular flexibility index (Phi) is 6.15. The highest BCUT2D eigenvalue weighted by Crippen LogP contribution is 2.49. The van der Waals surface area contributed by atoms with Crippen LogP contribution in [-0.4, -0.2) is 71.3 Å². The van der Waals surface area contributed by atoms with Gasteiger partial charge in [-0.05, 0) is 26.8 Å². The van der Waals surface area contributed by atoms with E-state index in [2.05, 4.69) is 4.98 Å². The molecule has 0 bridgehead atoms. The van der Waals surface area contributed by atoms with Crippen molar-refractivity contribution < 1.29 is 27.4 Å². The molecule has 0 unspecified atom stereocenters. The van der Waals surface area contributed by atoms with Crippen molar-refractivity contribution in [2.75, 3.05) is 50.0 Å². The van der Waals surface area contributed by atoms with Gasteiger partial charge in [-0.15, -0.1) is 11.8 Å². The Balaban J connectivity index is 1.58. The van der Waals surface area contributed by atoms with Gasteiger partial charge < -0.3 is 19.3 Å². The second kappa shape index (κ2) is 8.70. The Morgan fingerprint density at radius 3 is 2.42 bits per heavy atom. The largest absolute Gasteiger partial charge is 0.444 e. The maximum Gasteiger partial charge on any atom is 0.417 e. The number of alkyl halides is 3. The molecule has 3 aliphatic rings. The van der Waals surface area contributed by atoms with Crippen molar-refractivity contribution in [1.29, 1.82) is 0 Å². The summed E-state index contributed by atoms with van der Waals surface area (Å²) >= 11 is 7.55. The minimum Gasteiger partial charge on any atom is -0.444 e. The summed E-state index contributed by atoms with van der Waals surface area (Å²) in [5.74, 6) is 0.647. The number of nitrogens with zero attached hydrogens (tertiary/aromatic N) is 4. The molecule has 2 saturated heterocycles. The van der Waals surface area contributed by atoms with E-state index in [1.807, 2.05) is 0 Å². The summed E-state index contributed by atoms with van der Waals surface area (Å²) in [6.45, 7) is 7.59. The molecular formula is C23H26ClF3N4O4S. The van der Waals surface area contributed by atoms with Crippen LogP contribution in [0.1, 0.15) is 26.3 Å². The number of amides is 1. The van der Waals surface area contributed by atoms with Crippen molar-refractivity contribution in [1.82, 2.24) is 14.5 Å². The van der Waals surface area contributed by atoms with Gasteiger partial charge >= 0.3 is 18.0 Å². The van der Waals surface area contributed by atoms with E-state index in [1.54, 1.807) is 30.6 Å². The number of benzene rings is 1. The third-order valence-electron chi connectivity index (χ3n) is 6.51. The quantitative estimate of drug-likeness (QED) is 0.529. The van der Waals surface area contributed by atoms with Crippen LogP contribution in [0.2, 0.25) is 5.02 Å². The van der Waals surface area contributed by atoms with Gasteiger partial charge in [-0.2, -0.15) is 18.2 Å². The predicted octanol–water partition coefficient (Wildman–Crippen LogP) is 4.25. The monoisotopic (exact) mass is 546 g/mol. The van der Waals surface area contributed by atoms with E-state index in [0.29, 0.717) is 31.0 Å². The zero-order valence-corrected chi connectivity index (χ0v) is 21.6. The maximum atomic E-state index is 14.0. The van der Waals surface area contributed by atoms with Gasteiger partial charge in [-0.1, -0.05) is 11.6 Å². The van der Waals surface area contributed by atoms with Gasteiger partial charge in [0.25, 0.3) is 0 Å². The first-order valence-electron chi connectivity index (χ1n) is 11.6. The number of carbonyl (C=O) groups excluding carboxylic acids is 1.